The minimum atomic E-state index is -0.00518. The molecule has 0 fully saturated rings. The van der Waals surface area contributed by atoms with E-state index in [1.54, 1.807) is 6.20 Å². The molecule has 0 saturated heterocycles. The Balaban J connectivity index is 1.74. The summed E-state index contributed by atoms with van der Waals surface area (Å²) in [5.74, 6) is 1.56. The number of nitrogens with one attached hydrogen (secondary N) is 1. The Morgan fingerprint density at radius 1 is 1.36 bits per heavy atom. The van der Waals surface area contributed by atoms with Crippen molar-refractivity contribution in [2.45, 2.75) is 19.4 Å². The molecule has 2 heterocycles. The minimum Gasteiger partial charge on any atom is -0.488 e. The van der Waals surface area contributed by atoms with Gasteiger partial charge in [0.15, 0.2) is 0 Å². The van der Waals surface area contributed by atoms with Gasteiger partial charge in [0.25, 0.3) is 0 Å². The number of hydrogen-bond acceptors (Lipinski definition) is 5. The maximum absolute atomic E-state index is 11.8. The van der Waals surface area contributed by atoms with Crippen molar-refractivity contribution in [2.75, 3.05) is 11.1 Å². The molecule has 0 unspecified atom stereocenters. The zero-order valence-electron chi connectivity index (χ0n) is 12.0. The van der Waals surface area contributed by atoms with Crippen molar-refractivity contribution < 1.29 is 9.53 Å². The van der Waals surface area contributed by atoms with Crippen LogP contribution in [0.5, 0.6) is 5.75 Å². The molecule has 3 rings (SSSR count). The van der Waals surface area contributed by atoms with Crippen molar-refractivity contribution in [3.05, 3.63) is 42.2 Å². The second-order valence-corrected chi connectivity index (χ2v) is 5.80. The molecule has 1 amide bonds. The number of amides is 1. The summed E-state index contributed by atoms with van der Waals surface area (Å²) in [4.78, 5) is 16.0. The third kappa shape index (κ3) is 3.23. The summed E-state index contributed by atoms with van der Waals surface area (Å²) in [5, 5.41) is 8.24. The van der Waals surface area contributed by atoms with Gasteiger partial charge in [0.05, 0.1) is 0 Å². The summed E-state index contributed by atoms with van der Waals surface area (Å²) in [7, 11) is 0. The lowest BCUT2D eigenvalue weighted by Crippen LogP contribution is -2.12. The van der Waals surface area contributed by atoms with Gasteiger partial charge in [0.1, 0.15) is 12.4 Å². The highest BCUT2D eigenvalue weighted by atomic mass is 32.2. The Hall–Kier alpha value is -2.05. The topological polar surface area (TPSA) is 77.2 Å². The molecule has 0 spiro atoms. The first-order valence-corrected chi connectivity index (χ1v) is 8.14. The van der Waals surface area contributed by atoms with E-state index >= 15 is 0 Å². The molecule has 0 aliphatic carbocycles. The smallest absolute Gasteiger partial charge is 0.224 e. The first-order chi connectivity index (χ1) is 10.8. The Morgan fingerprint density at radius 3 is 3.14 bits per heavy atom. The minimum absolute atomic E-state index is 0.00518. The number of benzene rings is 1. The van der Waals surface area contributed by atoms with Crippen molar-refractivity contribution in [3.63, 3.8) is 0 Å². The van der Waals surface area contributed by atoms with Crippen LogP contribution in [0.4, 0.5) is 5.69 Å². The summed E-state index contributed by atoms with van der Waals surface area (Å²) in [5.41, 5.74) is 3.99. The SMILES string of the molecule is NSCCCC(=O)Nc1ccc2c(c1)OCc1cnccc1-2. The van der Waals surface area contributed by atoms with E-state index in [4.69, 9.17) is 9.88 Å². The van der Waals surface area contributed by atoms with Gasteiger partial charge in [-0.15, -0.1) is 0 Å². The lowest BCUT2D eigenvalue weighted by atomic mass is 9.98. The van der Waals surface area contributed by atoms with E-state index in [0.29, 0.717) is 13.0 Å². The second-order valence-electron chi connectivity index (χ2n) is 5.05. The monoisotopic (exact) mass is 315 g/mol. The molecule has 114 valence electrons. The number of pyridine rings is 1. The molecule has 0 radical (unpaired) electrons. The largest absolute Gasteiger partial charge is 0.488 e. The maximum atomic E-state index is 11.8. The fourth-order valence-corrected chi connectivity index (χ4v) is 2.75. The molecule has 1 aliphatic heterocycles. The summed E-state index contributed by atoms with van der Waals surface area (Å²) >= 11 is 1.26. The van der Waals surface area contributed by atoms with Crippen LogP contribution in [0, 0.1) is 0 Å². The lowest BCUT2D eigenvalue weighted by Gasteiger charge is -2.21. The highest BCUT2D eigenvalue weighted by Gasteiger charge is 2.17. The standard InChI is InChI=1S/C16H17N3O2S/c17-22-7-1-2-16(20)19-12-3-4-14-13-5-6-18-9-11(13)10-21-15(14)8-12/h3-6,8-9H,1-2,7,10,17H2,(H,19,20). The van der Waals surface area contributed by atoms with Crippen molar-refractivity contribution in [2.24, 2.45) is 5.14 Å². The van der Waals surface area contributed by atoms with E-state index in [1.807, 2.05) is 30.5 Å². The van der Waals surface area contributed by atoms with E-state index in [1.165, 1.54) is 11.9 Å². The Labute approximate surface area is 133 Å². The van der Waals surface area contributed by atoms with Crippen LogP contribution in [0.15, 0.2) is 36.7 Å². The van der Waals surface area contributed by atoms with E-state index < -0.39 is 0 Å². The number of ether oxygens (including phenoxy) is 1. The average Bonchev–Trinajstić information content (AvgIpc) is 2.54. The summed E-state index contributed by atoms with van der Waals surface area (Å²) in [6.07, 6.45) is 4.84. The molecular weight excluding hydrogens is 298 g/mol. The van der Waals surface area contributed by atoms with E-state index in [0.717, 1.165) is 40.3 Å². The molecule has 5 nitrogen and oxygen atoms in total. The molecule has 1 aliphatic rings. The third-order valence-electron chi connectivity index (χ3n) is 3.51. The number of nitrogens with zero attached hydrogens (tertiary/aromatic N) is 1. The number of nitrogens with two attached hydrogens (primary N) is 1. The van der Waals surface area contributed by atoms with Crippen molar-refractivity contribution in [1.29, 1.82) is 0 Å². The Kier molecular flexibility index (Phi) is 4.60. The molecule has 0 atom stereocenters. The van der Waals surface area contributed by atoms with Gasteiger partial charge in [-0.1, -0.05) is 11.9 Å². The van der Waals surface area contributed by atoms with Crippen LogP contribution in [-0.2, 0) is 11.4 Å². The molecule has 3 N–H and O–H groups in total. The molecule has 22 heavy (non-hydrogen) atoms. The van der Waals surface area contributed by atoms with Crippen LogP contribution in [0.1, 0.15) is 18.4 Å². The fraction of sp³-hybridized carbons (Fsp3) is 0.250. The quantitative estimate of drug-likeness (QED) is 0.655. The van der Waals surface area contributed by atoms with Gasteiger partial charge in [0.2, 0.25) is 5.91 Å². The van der Waals surface area contributed by atoms with Crippen LogP contribution in [-0.4, -0.2) is 16.6 Å². The Bertz CT molecular complexity index is 691. The molecule has 0 saturated carbocycles. The predicted molar refractivity (Wildman–Crippen MR) is 88.5 cm³/mol. The third-order valence-corrected chi connectivity index (χ3v) is 4.03. The maximum Gasteiger partial charge on any atom is 0.224 e. The molecular formula is C16H17N3O2S. The Morgan fingerprint density at radius 2 is 2.27 bits per heavy atom. The van der Waals surface area contributed by atoms with Gasteiger partial charge in [-0.25, -0.2) is 0 Å². The van der Waals surface area contributed by atoms with E-state index in [2.05, 4.69) is 10.3 Å². The van der Waals surface area contributed by atoms with Gasteiger partial charge in [-0.2, -0.15) is 0 Å². The zero-order chi connectivity index (χ0) is 15.4. The zero-order valence-corrected chi connectivity index (χ0v) is 12.9. The number of carbonyl (C=O) groups is 1. The number of aromatic nitrogens is 1. The number of anilines is 1. The fourth-order valence-electron chi connectivity index (χ4n) is 2.44. The number of rotatable bonds is 5. The first kappa shape index (κ1) is 14.9. The lowest BCUT2D eigenvalue weighted by molar-refractivity contribution is -0.116. The number of fused-ring (bicyclic) bond motifs is 3. The predicted octanol–water partition coefficient (Wildman–Crippen LogP) is 2.97. The van der Waals surface area contributed by atoms with Gasteiger partial charge in [0, 0.05) is 47.4 Å². The van der Waals surface area contributed by atoms with Crippen molar-refractivity contribution >= 4 is 23.5 Å². The van der Waals surface area contributed by atoms with Crippen molar-refractivity contribution in [1.82, 2.24) is 4.98 Å². The molecule has 2 aromatic rings. The van der Waals surface area contributed by atoms with Crippen molar-refractivity contribution in [3.8, 4) is 16.9 Å². The van der Waals surface area contributed by atoms with Gasteiger partial charge >= 0.3 is 0 Å². The molecule has 1 aromatic heterocycles. The van der Waals surface area contributed by atoms with Crippen LogP contribution in [0.2, 0.25) is 0 Å². The first-order valence-electron chi connectivity index (χ1n) is 7.09. The summed E-state index contributed by atoms with van der Waals surface area (Å²) < 4.78 is 5.76. The molecule has 1 aromatic carbocycles. The van der Waals surface area contributed by atoms with Gasteiger partial charge < -0.3 is 10.1 Å². The van der Waals surface area contributed by atoms with E-state index in [-0.39, 0.29) is 5.91 Å². The number of hydrogen-bond donors (Lipinski definition) is 2. The van der Waals surface area contributed by atoms with Gasteiger partial charge in [-0.05, 0) is 30.2 Å². The number of carbonyl (C=O) groups excluding carboxylic acids is 1. The summed E-state index contributed by atoms with van der Waals surface area (Å²) in [6.45, 7) is 0.501. The van der Waals surface area contributed by atoms with Crippen LogP contribution < -0.4 is 15.2 Å². The summed E-state index contributed by atoms with van der Waals surface area (Å²) in [6, 6.07) is 7.72. The highest BCUT2D eigenvalue weighted by Crippen LogP contribution is 2.38. The van der Waals surface area contributed by atoms with Gasteiger partial charge in [-0.3, -0.25) is 14.9 Å². The van der Waals surface area contributed by atoms with Crippen LogP contribution in [0.25, 0.3) is 11.1 Å². The normalized spacial score (nSPS) is 12.0. The van der Waals surface area contributed by atoms with Crippen LogP contribution >= 0.6 is 11.9 Å². The second kappa shape index (κ2) is 6.81. The van der Waals surface area contributed by atoms with E-state index in [9.17, 15) is 4.79 Å². The average molecular weight is 315 g/mol. The molecule has 0 bridgehead atoms. The highest BCUT2D eigenvalue weighted by molar-refractivity contribution is 7.97. The van der Waals surface area contributed by atoms with Crippen LogP contribution in [0.3, 0.4) is 0 Å². The molecule has 6 heteroatoms.